The van der Waals surface area contributed by atoms with Crippen LogP contribution in [0.25, 0.3) is 0 Å². The zero-order chi connectivity index (χ0) is 8.43. The van der Waals surface area contributed by atoms with E-state index in [2.05, 4.69) is 4.98 Å². The van der Waals surface area contributed by atoms with Crippen molar-refractivity contribution in [2.75, 3.05) is 24.7 Å². The minimum Gasteiger partial charge on any atom is -0.397 e. The summed E-state index contributed by atoms with van der Waals surface area (Å²) in [6.07, 6.45) is 1.43. The highest BCUT2D eigenvalue weighted by atomic mass is 35.5. The molecule has 1 rings (SSSR count). The standard InChI is InChI=1S/C7H10FN3.ClH/c1-11(2)7-6(8)3-5(9)4-10-7;/h3-4H,9H2,1-2H3;1H. The third-order valence-electron chi connectivity index (χ3n) is 1.27. The number of hydrogen-bond acceptors (Lipinski definition) is 3. The second-order valence-corrected chi connectivity index (χ2v) is 2.47. The first-order valence-electron chi connectivity index (χ1n) is 3.19. The third kappa shape index (κ3) is 2.23. The molecule has 0 radical (unpaired) electrons. The molecule has 1 aromatic heterocycles. The Bertz CT molecular complexity index is 265. The zero-order valence-corrected chi connectivity index (χ0v) is 7.73. The molecule has 3 nitrogen and oxygen atoms in total. The summed E-state index contributed by atoms with van der Waals surface area (Å²) in [5, 5.41) is 0. The second kappa shape index (κ2) is 4.11. The van der Waals surface area contributed by atoms with Crippen molar-refractivity contribution in [2.24, 2.45) is 0 Å². The van der Waals surface area contributed by atoms with E-state index in [1.807, 2.05) is 0 Å². The van der Waals surface area contributed by atoms with Gasteiger partial charge in [0.05, 0.1) is 11.9 Å². The van der Waals surface area contributed by atoms with Gasteiger partial charge in [-0.1, -0.05) is 0 Å². The Labute approximate surface area is 76.8 Å². The Kier molecular flexibility index (Phi) is 3.76. The summed E-state index contributed by atoms with van der Waals surface area (Å²) in [7, 11) is 3.45. The third-order valence-corrected chi connectivity index (χ3v) is 1.27. The summed E-state index contributed by atoms with van der Waals surface area (Å²) in [4.78, 5) is 5.40. The maximum Gasteiger partial charge on any atom is 0.167 e. The van der Waals surface area contributed by atoms with Gasteiger partial charge in [0.15, 0.2) is 11.6 Å². The molecular formula is C7H11ClFN3. The minimum absolute atomic E-state index is 0. The summed E-state index contributed by atoms with van der Waals surface area (Å²) in [6.45, 7) is 0. The van der Waals surface area contributed by atoms with E-state index in [1.54, 1.807) is 19.0 Å². The van der Waals surface area contributed by atoms with Gasteiger partial charge in [0, 0.05) is 20.2 Å². The molecular weight excluding hydrogens is 181 g/mol. The molecule has 0 aliphatic heterocycles. The SMILES string of the molecule is CN(C)c1ncc(N)cc1F.Cl. The predicted molar refractivity (Wildman–Crippen MR) is 50.2 cm³/mol. The Morgan fingerprint density at radius 2 is 2.08 bits per heavy atom. The molecule has 68 valence electrons. The summed E-state index contributed by atoms with van der Waals surface area (Å²) in [5.74, 6) is -0.0887. The maximum absolute atomic E-state index is 12.9. The number of nitrogens with zero attached hydrogens (tertiary/aromatic N) is 2. The second-order valence-electron chi connectivity index (χ2n) is 2.47. The topological polar surface area (TPSA) is 42.2 Å². The van der Waals surface area contributed by atoms with Crippen molar-refractivity contribution < 1.29 is 4.39 Å². The van der Waals surface area contributed by atoms with E-state index in [0.717, 1.165) is 0 Å². The van der Waals surface area contributed by atoms with Crippen molar-refractivity contribution in [3.8, 4) is 0 Å². The van der Waals surface area contributed by atoms with Crippen molar-refractivity contribution in [2.45, 2.75) is 0 Å². The largest absolute Gasteiger partial charge is 0.397 e. The number of nitrogen functional groups attached to an aromatic ring is 1. The molecule has 12 heavy (non-hydrogen) atoms. The molecule has 0 aliphatic carbocycles. The Hall–Kier alpha value is -1.03. The van der Waals surface area contributed by atoms with Gasteiger partial charge in [-0.3, -0.25) is 0 Å². The summed E-state index contributed by atoms with van der Waals surface area (Å²) < 4.78 is 12.9. The average molecular weight is 192 g/mol. The van der Waals surface area contributed by atoms with Crippen molar-refractivity contribution in [3.05, 3.63) is 18.1 Å². The van der Waals surface area contributed by atoms with Gasteiger partial charge < -0.3 is 10.6 Å². The van der Waals surface area contributed by atoms with Crippen molar-refractivity contribution >= 4 is 23.9 Å². The van der Waals surface area contributed by atoms with E-state index in [0.29, 0.717) is 11.5 Å². The molecule has 0 fully saturated rings. The molecule has 2 N–H and O–H groups in total. The smallest absolute Gasteiger partial charge is 0.167 e. The van der Waals surface area contributed by atoms with Crippen LogP contribution in [0.15, 0.2) is 12.3 Å². The first kappa shape index (κ1) is 11.0. The summed E-state index contributed by atoms with van der Waals surface area (Å²) in [6, 6.07) is 1.25. The minimum atomic E-state index is -0.394. The average Bonchev–Trinajstić information content (AvgIpc) is 1.85. The molecule has 0 aromatic carbocycles. The maximum atomic E-state index is 12.9. The monoisotopic (exact) mass is 191 g/mol. The van der Waals surface area contributed by atoms with Gasteiger partial charge in [0.1, 0.15) is 0 Å². The highest BCUT2D eigenvalue weighted by Gasteiger charge is 2.04. The highest BCUT2D eigenvalue weighted by molar-refractivity contribution is 5.85. The Morgan fingerprint density at radius 3 is 2.50 bits per heavy atom. The number of anilines is 2. The van der Waals surface area contributed by atoms with Gasteiger partial charge >= 0.3 is 0 Å². The molecule has 0 saturated carbocycles. The number of pyridine rings is 1. The lowest BCUT2D eigenvalue weighted by Crippen LogP contribution is -2.12. The molecule has 1 aromatic rings. The molecule has 0 bridgehead atoms. The van der Waals surface area contributed by atoms with E-state index in [1.165, 1.54) is 12.3 Å². The fourth-order valence-corrected chi connectivity index (χ4v) is 0.775. The fraction of sp³-hybridized carbons (Fsp3) is 0.286. The van der Waals surface area contributed by atoms with Crippen molar-refractivity contribution in [3.63, 3.8) is 0 Å². The van der Waals surface area contributed by atoms with Crippen LogP contribution in [0.1, 0.15) is 0 Å². The van der Waals surface area contributed by atoms with Crippen molar-refractivity contribution in [1.29, 1.82) is 0 Å². The molecule has 0 amide bonds. The van der Waals surface area contributed by atoms with Crippen LogP contribution >= 0.6 is 12.4 Å². The van der Waals surface area contributed by atoms with Crippen LogP contribution in [0.3, 0.4) is 0 Å². The lowest BCUT2D eigenvalue weighted by molar-refractivity contribution is 0.620. The molecule has 0 unspecified atom stereocenters. The van der Waals surface area contributed by atoms with E-state index in [-0.39, 0.29) is 12.4 Å². The van der Waals surface area contributed by atoms with Crippen LogP contribution in [0.2, 0.25) is 0 Å². The predicted octanol–water partition coefficient (Wildman–Crippen LogP) is 1.29. The summed E-state index contributed by atoms with van der Waals surface area (Å²) >= 11 is 0. The van der Waals surface area contributed by atoms with Gasteiger partial charge in [-0.15, -0.1) is 12.4 Å². The molecule has 0 spiro atoms. The van der Waals surface area contributed by atoms with Crippen LogP contribution in [-0.2, 0) is 0 Å². The molecule has 0 saturated heterocycles. The number of nitrogens with two attached hydrogens (primary N) is 1. The first-order chi connectivity index (χ1) is 5.11. The number of aromatic nitrogens is 1. The van der Waals surface area contributed by atoms with Crippen LogP contribution < -0.4 is 10.6 Å². The van der Waals surface area contributed by atoms with E-state index in [4.69, 9.17) is 5.73 Å². The first-order valence-corrected chi connectivity index (χ1v) is 3.19. The number of rotatable bonds is 1. The lowest BCUT2D eigenvalue weighted by Gasteiger charge is -2.11. The van der Waals surface area contributed by atoms with Gasteiger partial charge in [-0.05, 0) is 0 Å². The van der Waals surface area contributed by atoms with E-state index < -0.39 is 5.82 Å². The van der Waals surface area contributed by atoms with Crippen LogP contribution in [0.4, 0.5) is 15.9 Å². The van der Waals surface area contributed by atoms with Gasteiger partial charge in [-0.2, -0.15) is 0 Å². The number of halogens is 2. The molecule has 5 heteroatoms. The van der Waals surface area contributed by atoms with Crippen LogP contribution in [0.5, 0.6) is 0 Å². The van der Waals surface area contributed by atoms with Gasteiger partial charge in [0.25, 0.3) is 0 Å². The zero-order valence-electron chi connectivity index (χ0n) is 6.91. The Balaban J connectivity index is 0.00000121. The van der Waals surface area contributed by atoms with Crippen molar-refractivity contribution in [1.82, 2.24) is 4.98 Å². The van der Waals surface area contributed by atoms with Gasteiger partial charge in [0.2, 0.25) is 0 Å². The Morgan fingerprint density at radius 1 is 1.50 bits per heavy atom. The van der Waals surface area contributed by atoms with E-state index >= 15 is 0 Å². The van der Waals surface area contributed by atoms with Gasteiger partial charge in [-0.25, -0.2) is 9.37 Å². The lowest BCUT2D eigenvalue weighted by atomic mass is 10.4. The normalized spacial score (nSPS) is 8.92. The van der Waals surface area contributed by atoms with Crippen LogP contribution in [-0.4, -0.2) is 19.1 Å². The fourth-order valence-electron chi connectivity index (χ4n) is 0.775. The highest BCUT2D eigenvalue weighted by Crippen LogP contribution is 2.14. The number of hydrogen-bond donors (Lipinski definition) is 1. The molecule has 0 atom stereocenters. The molecule has 0 aliphatic rings. The summed E-state index contributed by atoms with van der Waals surface area (Å²) in [5.41, 5.74) is 5.65. The van der Waals surface area contributed by atoms with Crippen LogP contribution in [0, 0.1) is 5.82 Å². The quantitative estimate of drug-likeness (QED) is 0.728. The van der Waals surface area contributed by atoms with E-state index in [9.17, 15) is 4.39 Å². The molecule has 1 heterocycles.